The molecule has 1 atom stereocenters. The summed E-state index contributed by atoms with van der Waals surface area (Å²) in [6.07, 6.45) is 0.999. The Morgan fingerprint density at radius 1 is 1.37 bits per heavy atom. The number of hydrogen-bond donors (Lipinski definition) is 0. The van der Waals surface area contributed by atoms with Crippen molar-refractivity contribution in [3.05, 3.63) is 64.4 Å². The minimum atomic E-state index is -0.771. The summed E-state index contributed by atoms with van der Waals surface area (Å²) in [7, 11) is 0. The molecule has 27 heavy (non-hydrogen) atoms. The molecular weight excluding hydrogens is 384 g/mol. The Hall–Kier alpha value is -2.57. The molecule has 0 radical (unpaired) electrons. The molecule has 0 saturated carbocycles. The van der Waals surface area contributed by atoms with E-state index in [1.165, 1.54) is 11.3 Å². The summed E-state index contributed by atoms with van der Waals surface area (Å²) >= 11 is 7.71. The predicted octanol–water partition coefficient (Wildman–Crippen LogP) is 4.12. The van der Waals surface area contributed by atoms with Crippen molar-refractivity contribution in [2.24, 2.45) is 4.99 Å². The van der Waals surface area contributed by atoms with Crippen molar-refractivity contribution < 1.29 is 14.3 Å². The summed E-state index contributed by atoms with van der Waals surface area (Å²) in [6, 6.07) is 11.1. The number of benzene rings is 2. The maximum Gasteiger partial charge on any atom is 0.292 e. The topological polar surface area (TPSA) is 52.8 Å². The number of carbonyl (C=O) groups is 1. The first kappa shape index (κ1) is 17.8. The fourth-order valence-corrected chi connectivity index (χ4v) is 4.26. The lowest BCUT2D eigenvalue weighted by atomic mass is 10.2. The quantitative estimate of drug-likeness (QED) is 0.621. The third kappa shape index (κ3) is 3.26. The van der Waals surface area contributed by atoms with Gasteiger partial charge < -0.3 is 14.0 Å². The molecule has 1 aromatic heterocycles. The van der Waals surface area contributed by atoms with Crippen molar-refractivity contribution in [1.29, 1.82) is 0 Å². The number of nitrogens with zero attached hydrogens (tertiary/aromatic N) is 2. The highest BCUT2D eigenvalue weighted by Gasteiger charge is 2.27. The van der Waals surface area contributed by atoms with Crippen LogP contribution in [0, 0.1) is 6.92 Å². The Balaban J connectivity index is 1.74. The maximum atomic E-state index is 12.7. The minimum absolute atomic E-state index is 0.135. The van der Waals surface area contributed by atoms with E-state index < -0.39 is 6.10 Å². The molecule has 3 aromatic rings. The molecule has 2 aromatic carbocycles. The Morgan fingerprint density at radius 2 is 2.15 bits per heavy atom. The van der Waals surface area contributed by atoms with Crippen molar-refractivity contribution in [2.75, 3.05) is 6.61 Å². The number of amides is 1. The second-order valence-electron chi connectivity index (χ2n) is 6.12. The van der Waals surface area contributed by atoms with Crippen LogP contribution in [-0.4, -0.2) is 23.2 Å². The van der Waals surface area contributed by atoms with Crippen molar-refractivity contribution >= 4 is 39.1 Å². The molecule has 0 bridgehead atoms. The number of rotatable bonds is 3. The van der Waals surface area contributed by atoms with E-state index in [1.54, 1.807) is 12.1 Å². The van der Waals surface area contributed by atoms with Gasteiger partial charge >= 0.3 is 0 Å². The van der Waals surface area contributed by atoms with E-state index in [2.05, 4.69) is 11.6 Å². The Labute approximate surface area is 165 Å². The second kappa shape index (κ2) is 7.21. The van der Waals surface area contributed by atoms with E-state index in [0.717, 1.165) is 15.8 Å². The molecule has 7 heteroatoms. The number of allylic oxidation sites excluding steroid dienone is 1. The number of aryl methyl sites for hydroxylation is 1. The van der Waals surface area contributed by atoms with Crippen molar-refractivity contribution in [3.63, 3.8) is 0 Å². The Morgan fingerprint density at radius 3 is 2.93 bits per heavy atom. The molecule has 2 heterocycles. The number of hydrogen-bond acceptors (Lipinski definition) is 4. The lowest BCUT2D eigenvalue weighted by molar-refractivity contribution is -0.127. The fourth-order valence-electron chi connectivity index (χ4n) is 3.01. The van der Waals surface area contributed by atoms with Gasteiger partial charge in [0.15, 0.2) is 16.3 Å². The van der Waals surface area contributed by atoms with Gasteiger partial charge in [0.25, 0.3) is 5.91 Å². The van der Waals surface area contributed by atoms with Gasteiger partial charge in [-0.2, -0.15) is 4.99 Å². The Bertz CT molecular complexity index is 1120. The molecule has 1 aliphatic rings. The molecular formula is C20H17ClN2O3S. The van der Waals surface area contributed by atoms with Crippen LogP contribution in [0.1, 0.15) is 5.56 Å². The van der Waals surface area contributed by atoms with Crippen LogP contribution in [0.3, 0.4) is 0 Å². The monoisotopic (exact) mass is 400 g/mol. The molecule has 1 aliphatic heterocycles. The molecule has 1 unspecified atom stereocenters. The largest absolute Gasteiger partial charge is 0.485 e. The van der Waals surface area contributed by atoms with Gasteiger partial charge in [-0.15, -0.1) is 6.58 Å². The summed E-state index contributed by atoms with van der Waals surface area (Å²) in [5.41, 5.74) is 1.91. The molecule has 138 valence electrons. The van der Waals surface area contributed by atoms with Crippen LogP contribution in [0.2, 0.25) is 5.02 Å². The number of fused-ring (bicyclic) bond motifs is 2. The SMILES string of the molecule is C=CCn1c(=NC(=O)C2COc3ccccc3O2)sc2ccc(Cl)c(C)c21. The van der Waals surface area contributed by atoms with Gasteiger partial charge in [0.05, 0.1) is 10.2 Å². The van der Waals surface area contributed by atoms with E-state index in [9.17, 15) is 4.79 Å². The molecule has 0 N–H and O–H groups in total. The van der Waals surface area contributed by atoms with Gasteiger partial charge in [0, 0.05) is 11.6 Å². The minimum Gasteiger partial charge on any atom is -0.485 e. The number of thiazole rings is 1. The zero-order valence-electron chi connectivity index (χ0n) is 14.6. The predicted molar refractivity (Wildman–Crippen MR) is 107 cm³/mol. The van der Waals surface area contributed by atoms with Crippen LogP contribution in [0.15, 0.2) is 54.0 Å². The summed E-state index contributed by atoms with van der Waals surface area (Å²) in [5.74, 6) is 0.809. The summed E-state index contributed by atoms with van der Waals surface area (Å²) < 4.78 is 14.4. The first-order valence-electron chi connectivity index (χ1n) is 8.45. The highest BCUT2D eigenvalue weighted by atomic mass is 35.5. The summed E-state index contributed by atoms with van der Waals surface area (Å²) in [5, 5.41) is 0.677. The third-order valence-corrected chi connectivity index (χ3v) is 5.78. The smallest absolute Gasteiger partial charge is 0.292 e. The third-order valence-electron chi connectivity index (χ3n) is 4.33. The van der Waals surface area contributed by atoms with Gasteiger partial charge in [0.2, 0.25) is 6.10 Å². The molecule has 0 fully saturated rings. The van der Waals surface area contributed by atoms with Crippen LogP contribution in [0.5, 0.6) is 11.5 Å². The zero-order valence-corrected chi connectivity index (χ0v) is 16.2. The molecule has 4 rings (SSSR count). The van der Waals surface area contributed by atoms with Crippen LogP contribution in [0.25, 0.3) is 10.2 Å². The summed E-state index contributed by atoms with van der Waals surface area (Å²) in [6.45, 7) is 6.43. The molecule has 0 saturated heterocycles. The zero-order chi connectivity index (χ0) is 19.0. The summed E-state index contributed by atoms with van der Waals surface area (Å²) in [4.78, 5) is 17.6. The standard InChI is InChI=1S/C20H17ClN2O3S/c1-3-10-23-18-12(2)13(21)8-9-17(18)27-20(23)22-19(24)16-11-25-14-6-4-5-7-15(14)26-16/h3-9,16H,1,10-11H2,2H3. The van der Waals surface area contributed by atoms with Gasteiger partial charge in [-0.25, -0.2) is 0 Å². The Kier molecular flexibility index (Phi) is 4.76. The number of carbonyl (C=O) groups excluding carboxylic acids is 1. The molecule has 5 nitrogen and oxygen atoms in total. The highest BCUT2D eigenvalue weighted by molar-refractivity contribution is 7.16. The maximum absolute atomic E-state index is 12.7. The van der Waals surface area contributed by atoms with Gasteiger partial charge in [-0.05, 0) is 36.8 Å². The average Bonchev–Trinajstić information content (AvgIpc) is 3.02. The number of para-hydroxylation sites is 2. The molecule has 0 aliphatic carbocycles. The lowest BCUT2D eigenvalue weighted by Gasteiger charge is -2.23. The average molecular weight is 401 g/mol. The normalized spacial score (nSPS) is 16.5. The van der Waals surface area contributed by atoms with E-state index in [4.69, 9.17) is 21.1 Å². The van der Waals surface area contributed by atoms with E-state index in [-0.39, 0.29) is 12.5 Å². The van der Waals surface area contributed by atoms with Crippen molar-refractivity contribution in [2.45, 2.75) is 19.6 Å². The molecule has 0 spiro atoms. The number of ether oxygens (including phenoxy) is 2. The van der Waals surface area contributed by atoms with Crippen LogP contribution < -0.4 is 14.3 Å². The van der Waals surface area contributed by atoms with E-state index >= 15 is 0 Å². The van der Waals surface area contributed by atoms with E-state index in [1.807, 2.05) is 41.8 Å². The van der Waals surface area contributed by atoms with Crippen molar-refractivity contribution in [3.8, 4) is 11.5 Å². The number of halogens is 1. The second-order valence-corrected chi connectivity index (χ2v) is 7.53. The van der Waals surface area contributed by atoms with Crippen LogP contribution in [0.4, 0.5) is 0 Å². The first-order chi connectivity index (χ1) is 13.1. The fraction of sp³-hybridized carbons (Fsp3) is 0.200. The van der Waals surface area contributed by atoms with Crippen LogP contribution in [-0.2, 0) is 11.3 Å². The number of aromatic nitrogens is 1. The lowest BCUT2D eigenvalue weighted by Crippen LogP contribution is -2.36. The van der Waals surface area contributed by atoms with Gasteiger partial charge in [0.1, 0.15) is 6.61 Å². The first-order valence-corrected chi connectivity index (χ1v) is 9.64. The van der Waals surface area contributed by atoms with E-state index in [0.29, 0.717) is 27.9 Å². The highest BCUT2D eigenvalue weighted by Crippen LogP contribution is 2.31. The van der Waals surface area contributed by atoms with Gasteiger partial charge in [-0.3, -0.25) is 4.79 Å². The molecule has 1 amide bonds. The van der Waals surface area contributed by atoms with Crippen LogP contribution >= 0.6 is 22.9 Å². The van der Waals surface area contributed by atoms with Crippen molar-refractivity contribution in [1.82, 2.24) is 4.57 Å². The van der Waals surface area contributed by atoms with Gasteiger partial charge in [-0.1, -0.05) is 41.1 Å².